The maximum atomic E-state index is 11.2. The molecule has 0 radical (unpaired) electrons. The molecule has 0 aromatic rings. The number of likely N-dealkylation sites (N-methyl/N-ethyl adjacent to an activating group) is 1. The van der Waals surface area contributed by atoms with E-state index in [1.165, 1.54) is 0 Å². The van der Waals surface area contributed by atoms with Crippen molar-refractivity contribution in [3.05, 3.63) is 0 Å². The summed E-state index contributed by atoms with van der Waals surface area (Å²) >= 11 is 0. The summed E-state index contributed by atoms with van der Waals surface area (Å²) in [6.45, 7) is 1.72. The Morgan fingerprint density at radius 2 is 1.93 bits per heavy atom. The van der Waals surface area contributed by atoms with E-state index in [1.807, 2.05) is 0 Å². The Labute approximate surface area is 90.7 Å². The minimum absolute atomic E-state index is 0.119. The maximum absolute atomic E-state index is 11.2. The molecule has 4 nitrogen and oxygen atoms in total. The molecule has 88 valence electrons. The number of carbonyl (C=O) groups is 1. The smallest absolute Gasteiger partial charge is 0.337 e. The third-order valence-corrected chi connectivity index (χ3v) is 3.66. The summed E-state index contributed by atoms with van der Waals surface area (Å²) in [6.07, 6.45) is 4.83. The van der Waals surface area contributed by atoms with Gasteiger partial charge >= 0.3 is 5.97 Å². The first-order valence-corrected chi connectivity index (χ1v) is 5.66. The predicted molar refractivity (Wildman–Crippen MR) is 57.7 cm³/mol. The van der Waals surface area contributed by atoms with Crippen molar-refractivity contribution in [1.82, 2.24) is 5.32 Å². The second kappa shape index (κ2) is 4.94. The molecule has 0 heterocycles. The van der Waals surface area contributed by atoms with Crippen LogP contribution in [-0.4, -0.2) is 34.9 Å². The average molecular weight is 215 g/mol. The number of aliphatic hydroxyl groups is 1. The van der Waals surface area contributed by atoms with E-state index in [0.29, 0.717) is 0 Å². The zero-order valence-electron chi connectivity index (χ0n) is 9.49. The van der Waals surface area contributed by atoms with Crippen LogP contribution in [-0.2, 0) is 4.79 Å². The third-order valence-electron chi connectivity index (χ3n) is 3.66. The van der Waals surface area contributed by atoms with Crippen LogP contribution in [0.4, 0.5) is 0 Å². The first-order valence-electron chi connectivity index (χ1n) is 5.66. The minimum atomic E-state index is -1.62. The van der Waals surface area contributed by atoms with E-state index in [-0.39, 0.29) is 5.92 Å². The maximum Gasteiger partial charge on any atom is 0.337 e. The fourth-order valence-electron chi connectivity index (χ4n) is 2.48. The molecule has 1 aliphatic rings. The lowest BCUT2D eigenvalue weighted by atomic mass is 9.73. The van der Waals surface area contributed by atoms with Gasteiger partial charge in [-0.25, -0.2) is 4.79 Å². The number of hydrogen-bond donors (Lipinski definition) is 3. The van der Waals surface area contributed by atoms with Gasteiger partial charge in [0.05, 0.1) is 0 Å². The molecule has 1 aliphatic carbocycles. The van der Waals surface area contributed by atoms with Crippen LogP contribution in [0.2, 0.25) is 0 Å². The molecule has 4 heteroatoms. The van der Waals surface area contributed by atoms with Crippen molar-refractivity contribution in [2.24, 2.45) is 5.92 Å². The Bertz CT molecular complexity index is 226. The molecule has 0 spiro atoms. The van der Waals surface area contributed by atoms with E-state index in [0.717, 1.165) is 32.1 Å². The van der Waals surface area contributed by atoms with Crippen LogP contribution in [0.15, 0.2) is 0 Å². The highest BCUT2D eigenvalue weighted by Gasteiger charge is 2.48. The van der Waals surface area contributed by atoms with E-state index in [2.05, 4.69) is 5.32 Å². The lowest BCUT2D eigenvalue weighted by Crippen LogP contribution is -2.58. The lowest BCUT2D eigenvalue weighted by molar-refractivity contribution is -0.170. The monoisotopic (exact) mass is 215 g/mol. The van der Waals surface area contributed by atoms with Gasteiger partial charge in [0, 0.05) is 12.0 Å². The quantitative estimate of drug-likeness (QED) is 0.654. The Hall–Kier alpha value is -0.610. The van der Waals surface area contributed by atoms with Crippen molar-refractivity contribution in [2.45, 2.75) is 50.7 Å². The van der Waals surface area contributed by atoms with Crippen molar-refractivity contribution >= 4 is 5.97 Å². The number of nitrogens with one attached hydrogen (secondary N) is 1. The first-order chi connectivity index (χ1) is 7.03. The van der Waals surface area contributed by atoms with Crippen molar-refractivity contribution in [2.75, 3.05) is 7.05 Å². The summed E-state index contributed by atoms with van der Waals surface area (Å²) in [6, 6.07) is -0.418. The van der Waals surface area contributed by atoms with Gasteiger partial charge in [-0.2, -0.15) is 0 Å². The number of rotatable bonds is 4. The summed E-state index contributed by atoms with van der Waals surface area (Å²) in [5, 5.41) is 22.4. The molecule has 0 aliphatic heterocycles. The summed E-state index contributed by atoms with van der Waals surface area (Å²) in [5.41, 5.74) is -1.62. The summed E-state index contributed by atoms with van der Waals surface area (Å²) < 4.78 is 0. The molecule has 2 atom stereocenters. The lowest BCUT2D eigenvalue weighted by Gasteiger charge is -2.39. The van der Waals surface area contributed by atoms with Crippen LogP contribution < -0.4 is 5.32 Å². The zero-order chi connectivity index (χ0) is 11.5. The van der Waals surface area contributed by atoms with E-state index in [4.69, 9.17) is 0 Å². The molecular weight excluding hydrogens is 194 g/mol. The molecule has 3 N–H and O–H groups in total. The third kappa shape index (κ3) is 2.32. The highest BCUT2D eigenvalue weighted by Crippen LogP contribution is 2.35. The number of hydrogen-bond acceptors (Lipinski definition) is 3. The molecule has 2 unspecified atom stereocenters. The average Bonchev–Trinajstić information content (AvgIpc) is 2.27. The highest BCUT2D eigenvalue weighted by atomic mass is 16.4. The SMILES string of the molecule is CNC(C)C(O)(C(=O)O)C1CCCCC1. The molecule has 0 aromatic carbocycles. The van der Waals surface area contributed by atoms with Crippen molar-refractivity contribution in [3.63, 3.8) is 0 Å². The van der Waals surface area contributed by atoms with Crippen LogP contribution in [0, 0.1) is 5.92 Å². The Kier molecular flexibility index (Phi) is 4.11. The largest absolute Gasteiger partial charge is 0.479 e. The van der Waals surface area contributed by atoms with Crippen LogP contribution in [0.5, 0.6) is 0 Å². The molecule has 0 bridgehead atoms. The summed E-state index contributed by atoms with van der Waals surface area (Å²) in [5.74, 6) is -1.22. The molecule has 1 saturated carbocycles. The van der Waals surface area contributed by atoms with E-state index in [9.17, 15) is 15.0 Å². The van der Waals surface area contributed by atoms with Gasteiger partial charge in [-0.05, 0) is 26.8 Å². The van der Waals surface area contributed by atoms with Crippen molar-refractivity contribution in [3.8, 4) is 0 Å². The van der Waals surface area contributed by atoms with Gasteiger partial charge in [-0.15, -0.1) is 0 Å². The Balaban J connectivity index is 2.83. The van der Waals surface area contributed by atoms with Gasteiger partial charge in [0.1, 0.15) is 0 Å². The van der Waals surface area contributed by atoms with Crippen LogP contribution in [0.1, 0.15) is 39.0 Å². The normalized spacial score (nSPS) is 24.5. The molecule has 15 heavy (non-hydrogen) atoms. The van der Waals surface area contributed by atoms with E-state index >= 15 is 0 Å². The highest BCUT2D eigenvalue weighted by molar-refractivity contribution is 5.78. The molecule has 1 fully saturated rings. The van der Waals surface area contributed by atoms with Gasteiger partial charge in [0.25, 0.3) is 0 Å². The Morgan fingerprint density at radius 1 is 1.40 bits per heavy atom. The predicted octanol–water partition coefficient (Wildman–Crippen LogP) is 0.990. The number of carboxylic acids is 1. The Morgan fingerprint density at radius 3 is 2.33 bits per heavy atom. The molecule has 0 amide bonds. The second-order valence-electron chi connectivity index (χ2n) is 4.48. The van der Waals surface area contributed by atoms with Crippen LogP contribution in [0.25, 0.3) is 0 Å². The standard InChI is InChI=1S/C11H21NO3/c1-8(12-2)11(15,10(13)14)9-6-4-3-5-7-9/h8-9,12,15H,3-7H2,1-2H3,(H,13,14). The van der Waals surface area contributed by atoms with Crippen LogP contribution in [0.3, 0.4) is 0 Å². The zero-order valence-corrected chi connectivity index (χ0v) is 9.49. The number of carboxylic acid groups (broad SMARTS) is 1. The van der Waals surface area contributed by atoms with E-state index in [1.54, 1.807) is 14.0 Å². The van der Waals surface area contributed by atoms with Crippen LogP contribution >= 0.6 is 0 Å². The van der Waals surface area contributed by atoms with Gasteiger partial charge in [0.15, 0.2) is 5.60 Å². The fourth-order valence-corrected chi connectivity index (χ4v) is 2.48. The van der Waals surface area contributed by atoms with Gasteiger partial charge < -0.3 is 15.5 Å². The molecule has 0 aromatic heterocycles. The molecule has 0 saturated heterocycles. The van der Waals surface area contributed by atoms with Gasteiger partial charge in [-0.3, -0.25) is 0 Å². The molecular formula is C11H21NO3. The first kappa shape index (κ1) is 12.5. The topological polar surface area (TPSA) is 69.6 Å². The summed E-state index contributed by atoms with van der Waals surface area (Å²) in [4.78, 5) is 11.2. The van der Waals surface area contributed by atoms with E-state index < -0.39 is 17.6 Å². The molecule has 1 rings (SSSR count). The summed E-state index contributed by atoms with van der Waals surface area (Å²) in [7, 11) is 1.68. The van der Waals surface area contributed by atoms with Crippen molar-refractivity contribution < 1.29 is 15.0 Å². The van der Waals surface area contributed by atoms with Gasteiger partial charge in [-0.1, -0.05) is 19.3 Å². The minimum Gasteiger partial charge on any atom is -0.479 e. The van der Waals surface area contributed by atoms with Gasteiger partial charge in [0.2, 0.25) is 0 Å². The fraction of sp³-hybridized carbons (Fsp3) is 0.909. The number of aliphatic carboxylic acids is 1. The van der Waals surface area contributed by atoms with Crippen molar-refractivity contribution in [1.29, 1.82) is 0 Å². The second-order valence-corrected chi connectivity index (χ2v) is 4.48.